The number of carbonyl (C=O) groups is 3. The summed E-state index contributed by atoms with van der Waals surface area (Å²) in [5.41, 5.74) is 0.971. The standard InChI is InChI=1S/C21H27N3O3/c1-13(19(25)22(2)3)23-12-15-9-10-16(23)18-17(15)20(26)24(21(18)27)11-14-7-5-4-6-8-14/h4-8,13,15-18H,9-12H2,1-3H3/t13?,15-,16-,17-,18+/m0/s1. The zero-order valence-corrected chi connectivity index (χ0v) is 16.2. The molecular weight excluding hydrogens is 342 g/mol. The minimum atomic E-state index is -0.300. The molecule has 4 aliphatic rings. The number of likely N-dealkylation sites (N-methyl/N-ethyl adjacent to an activating group) is 1. The fourth-order valence-electron chi connectivity index (χ4n) is 5.28. The van der Waals surface area contributed by atoms with E-state index in [1.165, 1.54) is 4.90 Å². The molecule has 0 spiro atoms. The van der Waals surface area contributed by atoms with E-state index >= 15 is 0 Å². The average molecular weight is 369 g/mol. The quantitative estimate of drug-likeness (QED) is 0.752. The normalized spacial score (nSPS) is 31.1. The predicted octanol–water partition coefficient (Wildman–Crippen LogP) is 1.36. The van der Waals surface area contributed by atoms with Gasteiger partial charge in [0.1, 0.15) is 0 Å². The monoisotopic (exact) mass is 369 g/mol. The van der Waals surface area contributed by atoms with Crippen molar-refractivity contribution in [2.45, 2.75) is 38.4 Å². The fraction of sp³-hybridized carbons (Fsp3) is 0.571. The molecule has 3 heterocycles. The van der Waals surface area contributed by atoms with E-state index in [4.69, 9.17) is 0 Å². The van der Waals surface area contributed by atoms with Gasteiger partial charge in [0.05, 0.1) is 24.4 Å². The Morgan fingerprint density at radius 1 is 1.11 bits per heavy atom. The molecule has 5 rings (SSSR count). The molecule has 1 aliphatic carbocycles. The summed E-state index contributed by atoms with van der Waals surface area (Å²) in [4.78, 5) is 44.0. The molecule has 0 aromatic heterocycles. The van der Waals surface area contributed by atoms with Crippen molar-refractivity contribution < 1.29 is 14.4 Å². The second-order valence-corrected chi connectivity index (χ2v) is 8.31. The number of amides is 3. The van der Waals surface area contributed by atoms with Crippen LogP contribution in [-0.4, -0.2) is 65.1 Å². The van der Waals surface area contributed by atoms with Gasteiger partial charge in [-0.15, -0.1) is 0 Å². The van der Waals surface area contributed by atoms with Crippen LogP contribution in [0.15, 0.2) is 30.3 Å². The Balaban J connectivity index is 1.59. The lowest BCUT2D eigenvalue weighted by Crippen LogP contribution is -2.63. The van der Waals surface area contributed by atoms with Gasteiger partial charge in [0, 0.05) is 26.7 Å². The third-order valence-corrected chi connectivity index (χ3v) is 6.60. The van der Waals surface area contributed by atoms with E-state index in [0.29, 0.717) is 6.54 Å². The number of likely N-dealkylation sites (tertiary alicyclic amines) is 1. The van der Waals surface area contributed by atoms with Crippen molar-refractivity contribution in [3.05, 3.63) is 35.9 Å². The Hall–Kier alpha value is -2.21. The van der Waals surface area contributed by atoms with Gasteiger partial charge in [-0.05, 0) is 31.2 Å². The maximum atomic E-state index is 13.2. The number of hydrogen-bond donors (Lipinski definition) is 0. The number of benzene rings is 1. The minimum absolute atomic E-state index is 0.0175. The van der Waals surface area contributed by atoms with Crippen molar-refractivity contribution in [3.8, 4) is 0 Å². The molecule has 4 fully saturated rings. The van der Waals surface area contributed by atoms with Gasteiger partial charge in [0.25, 0.3) is 0 Å². The zero-order chi connectivity index (χ0) is 19.3. The molecule has 3 aliphatic heterocycles. The van der Waals surface area contributed by atoms with Crippen LogP contribution in [0.2, 0.25) is 0 Å². The molecule has 27 heavy (non-hydrogen) atoms. The molecule has 5 atom stereocenters. The van der Waals surface area contributed by atoms with E-state index < -0.39 is 0 Å². The first-order valence-electron chi connectivity index (χ1n) is 9.76. The highest BCUT2D eigenvalue weighted by molar-refractivity contribution is 6.06. The van der Waals surface area contributed by atoms with Crippen LogP contribution in [0.5, 0.6) is 0 Å². The highest BCUT2D eigenvalue weighted by atomic mass is 16.2. The third-order valence-electron chi connectivity index (χ3n) is 6.60. The van der Waals surface area contributed by atoms with E-state index in [9.17, 15) is 14.4 Å². The van der Waals surface area contributed by atoms with Crippen LogP contribution in [0, 0.1) is 17.8 Å². The first-order valence-corrected chi connectivity index (χ1v) is 9.76. The van der Waals surface area contributed by atoms with Crippen LogP contribution in [0.25, 0.3) is 0 Å². The Bertz CT molecular complexity index is 763. The lowest BCUT2D eigenvalue weighted by Gasteiger charge is -2.52. The number of fused-ring (bicyclic) bond motifs is 2. The van der Waals surface area contributed by atoms with Gasteiger partial charge in [-0.3, -0.25) is 24.2 Å². The van der Waals surface area contributed by atoms with Gasteiger partial charge < -0.3 is 4.90 Å². The summed E-state index contributed by atoms with van der Waals surface area (Å²) in [5.74, 6) is -0.372. The molecule has 6 heteroatoms. The van der Waals surface area contributed by atoms with Gasteiger partial charge in [-0.1, -0.05) is 30.3 Å². The molecule has 1 aromatic carbocycles. The topological polar surface area (TPSA) is 60.9 Å². The molecule has 0 N–H and O–H groups in total. The van der Waals surface area contributed by atoms with Crippen molar-refractivity contribution >= 4 is 17.7 Å². The van der Waals surface area contributed by atoms with Crippen LogP contribution in [0.1, 0.15) is 25.3 Å². The molecule has 6 nitrogen and oxygen atoms in total. The van der Waals surface area contributed by atoms with Crippen LogP contribution in [0.3, 0.4) is 0 Å². The molecule has 1 unspecified atom stereocenters. The van der Waals surface area contributed by atoms with Crippen molar-refractivity contribution in [2.24, 2.45) is 17.8 Å². The summed E-state index contributed by atoms with van der Waals surface area (Å²) >= 11 is 0. The second kappa shape index (κ2) is 6.75. The fourth-order valence-corrected chi connectivity index (χ4v) is 5.28. The van der Waals surface area contributed by atoms with Crippen LogP contribution >= 0.6 is 0 Å². The van der Waals surface area contributed by atoms with Crippen LogP contribution in [0.4, 0.5) is 0 Å². The molecule has 144 valence electrons. The Morgan fingerprint density at radius 2 is 1.78 bits per heavy atom. The van der Waals surface area contributed by atoms with E-state index in [-0.39, 0.29) is 47.6 Å². The first kappa shape index (κ1) is 18.2. The molecule has 2 bridgehead atoms. The maximum absolute atomic E-state index is 13.2. The van der Waals surface area contributed by atoms with Crippen molar-refractivity contribution in [2.75, 3.05) is 20.6 Å². The molecular formula is C21H27N3O3. The Kier molecular flexibility index (Phi) is 4.54. The number of nitrogens with zero attached hydrogens (tertiary/aromatic N) is 3. The van der Waals surface area contributed by atoms with Crippen LogP contribution < -0.4 is 0 Å². The number of hydrogen-bond acceptors (Lipinski definition) is 4. The zero-order valence-electron chi connectivity index (χ0n) is 16.2. The molecule has 1 saturated carbocycles. The maximum Gasteiger partial charge on any atom is 0.239 e. The van der Waals surface area contributed by atoms with Crippen LogP contribution in [-0.2, 0) is 20.9 Å². The molecule has 3 amide bonds. The summed E-state index contributed by atoms with van der Waals surface area (Å²) in [6.45, 7) is 2.99. The summed E-state index contributed by atoms with van der Waals surface area (Å²) < 4.78 is 0. The predicted molar refractivity (Wildman–Crippen MR) is 100 cm³/mol. The highest BCUT2D eigenvalue weighted by Gasteiger charge is 2.61. The van der Waals surface area contributed by atoms with Crippen molar-refractivity contribution in [3.63, 3.8) is 0 Å². The van der Waals surface area contributed by atoms with Gasteiger partial charge in [0.2, 0.25) is 17.7 Å². The van der Waals surface area contributed by atoms with Crippen molar-refractivity contribution in [1.29, 1.82) is 0 Å². The lowest BCUT2D eigenvalue weighted by molar-refractivity contribution is -0.147. The number of rotatable bonds is 4. The summed E-state index contributed by atoms with van der Waals surface area (Å²) in [6, 6.07) is 9.39. The number of imide groups is 1. The van der Waals surface area contributed by atoms with Gasteiger partial charge in [-0.25, -0.2) is 0 Å². The number of carbonyl (C=O) groups excluding carboxylic acids is 3. The SMILES string of the molecule is CC(C(=O)N(C)C)N1C[C@@H]2CC[C@H]1[C@H]1C(=O)N(Cc3ccccc3)C(=O)[C@@H]21. The van der Waals surface area contributed by atoms with E-state index in [1.807, 2.05) is 37.3 Å². The highest BCUT2D eigenvalue weighted by Crippen LogP contribution is 2.49. The lowest BCUT2D eigenvalue weighted by atomic mass is 9.66. The molecule has 3 saturated heterocycles. The Morgan fingerprint density at radius 3 is 2.44 bits per heavy atom. The smallest absolute Gasteiger partial charge is 0.239 e. The summed E-state index contributed by atoms with van der Waals surface area (Å²) in [7, 11) is 3.52. The van der Waals surface area contributed by atoms with E-state index in [0.717, 1.165) is 24.9 Å². The largest absolute Gasteiger partial charge is 0.347 e. The van der Waals surface area contributed by atoms with Gasteiger partial charge in [-0.2, -0.15) is 0 Å². The number of piperidine rings is 2. The molecule has 0 radical (unpaired) electrons. The summed E-state index contributed by atoms with van der Waals surface area (Å²) in [5, 5.41) is 0. The molecule has 1 aromatic rings. The van der Waals surface area contributed by atoms with Crippen molar-refractivity contribution in [1.82, 2.24) is 14.7 Å². The van der Waals surface area contributed by atoms with Gasteiger partial charge >= 0.3 is 0 Å². The van der Waals surface area contributed by atoms with E-state index in [2.05, 4.69) is 4.90 Å². The first-order chi connectivity index (χ1) is 12.9. The average Bonchev–Trinajstić information content (AvgIpc) is 2.94. The third kappa shape index (κ3) is 2.87. The van der Waals surface area contributed by atoms with E-state index in [1.54, 1.807) is 19.0 Å². The van der Waals surface area contributed by atoms with Gasteiger partial charge in [0.15, 0.2) is 0 Å². The summed E-state index contributed by atoms with van der Waals surface area (Å²) in [6.07, 6.45) is 1.85. The second-order valence-electron chi connectivity index (χ2n) is 8.31. The minimum Gasteiger partial charge on any atom is -0.347 e. The Labute approximate surface area is 160 Å².